The van der Waals surface area contributed by atoms with Crippen molar-refractivity contribution in [3.05, 3.63) is 107 Å². The van der Waals surface area contributed by atoms with Gasteiger partial charge in [-0.15, -0.1) is 0 Å². The molecule has 29 heavy (non-hydrogen) atoms. The van der Waals surface area contributed by atoms with E-state index in [1.807, 2.05) is 61.5 Å². The van der Waals surface area contributed by atoms with Crippen LogP contribution in [0.15, 0.2) is 78.9 Å². The maximum atomic E-state index is 12.9. The van der Waals surface area contributed by atoms with Gasteiger partial charge < -0.3 is 4.74 Å². The van der Waals surface area contributed by atoms with Gasteiger partial charge in [-0.1, -0.05) is 72.3 Å². The Bertz CT molecular complexity index is 1060. The normalized spacial score (nSPS) is 12.3. The fraction of sp³-hybridized carbons (Fsp3) is 0.174. The van der Waals surface area contributed by atoms with Gasteiger partial charge in [-0.25, -0.2) is 17.9 Å². The molecule has 0 saturated heterocycles. The Kier molecular flexibility index (Phi) is 6.46. The van der Waals surface area contributed by atoms with Crippen molar-refractivity contribution in [2.24, 2.45) is 0 Å². The predicted octanol–water partition coefficient (Wildman–Crippen LogP) is 3.99. The van der Waals surface area contributed by atoms with E-state index in [0.29, 0.717) is 11.1 Å². The average molecular weight is 410 g/mol. The van der Waals surface area contributed by atoms with E-state index in [1.165, 1.54) is 7.11 Å². The van der Waals surface area contributed by atoms with Crippen molar-refractivity contribution in [2.75, 3.05) is 7.11 Å². The number of benzene rings is 3. The van der Waals surface area contributed by atoms with Crippen molar-refractivity contribution in [1.29, 1.82) is 0 Å². The number of carbonyl (C=O) groups is 1. The predicted molar refractivity (Wildman–Crippen MR) is 113 cm³/mol. The molecule has 0 bridgehead atoms. The Hall–Kier alpha value is -2.96. The van der Waals surface area contributed by atoms with Gasteiger partial charge >= 0.3 is 5.97 Å². The fourth-order valence-corrected chi connectivity index (χ4v) is 4.37. The smallest absolute Gasteiger partial charge is 0.337 e. The van der Waals surface area contributed by atoms with Crippen LogP contribution < -0.4 is 4.72 Å². The Labute approximate surface area is 171 Å². The van der Waals surface area contributed by atoms with Gasteiger partial charge in [0.05, 0.1) is 24.5 Å². The molecular weight excluding hydrogens is 386 g/mol. The lowest BCUT2D eigenvalue weighted by Gasteiger charge is -2.20. The molecule has 0 fully saturated rings. The van der Waals surface area contributed by atoms with Gasteiger partial charge in [0.15, 0.2) is 0 Å². The van der Waals surface area contributed by atoms with Crippen molar-refractivity contribution in [1.82, 2.24) is 4.72 Å². The van der Waals surface area contributed by atoms with Crippen molar-refractivity contribution < 1.29 is 17.9 Å². The van der Waals surface area contributed by atoms with Gasteiger partial charge in [0.2, 0.25) is 10.0 Å². The summed E-state index contributed by atoms with van der Waals surface area (Å²) in [6, 6.07) is 23.1. The SMILES string of the molecule is COC(=O)c1ccc(CS(=O)(=O)N[C@@H](c2ccccc2)c2ccc(C)cc2)cc1. The minimum Gasteiger partial charge on any atom is -0.465 e. The number of sulfonamides is 1. The van der Waals surface area contributed by atoms with E-state index >= 15 is 0 Å². The minimum atomic E-state index is -3.65. The molecule has 6 heteroatoms. The Morgan fingerprint density at radius 2 is 1.48 bits per heavy atom. The summed E-state index contributed by atoms with van der Waals surface area (Å²) >= 11 is 0. The molecule has 1 N–H and O–H groups in total. The first-order valence-electron chi connectivity index (χ1n) is 9.17. The lowest BCUT2D eigenvalue weighted by Crippen LogP contribution is -2.30. The topological polar surface area (TPSA) is 72.5 Å². The molecule has 0 aliphatic heterocycles. The maximum absolute atomic E-state index is 12.9. The lowest BCUT2D eigenvalue weighted by molar-refractivity contribution is 0.0600. The molecule has 0 amide bonds. The molecule has 0 spiro atoms. The molecule has 3 aromatic rings. The summed E-state index contributed by atoms with van der Waals surface area (Å²) in [5.74, 6) is -0.648. The third-order valence-corrected chi connectivity index (χ3v) is 5.88. The fourth-order valence-electron chi connectivity index (χ4n) is 3.03. The van der Waals surface area contributed by atoms with Crippen LogP contribution in [-0.2, 0) is 20.5 Å². The molecule has 0 heterocycles. The van der Waals surface area contributed by atoms with Gasteiger partial charge in [0.1, 0.15) is 0 Å². The summed E-state index contributed by atoms with van der Waals surface area (Å²) in [5.41, 5.74) is 3.80. The third-order valence-electron chi connectivity index (χ3n) is 4.57. The zero-order chi connectivity index (χ0) is 20.9. The van der Waals surface area contributed by atoms with Gasteiger partial charge in [-0.2, -0.15) is 0 Å². The molecule has 1 atom stereocenters. The average Bonchev–Trinajstić information content (AvgIpc) is 2.73. The summed E-state index contributed by atoms with van der Waals surface area (Å²) in [4.78, 5) is 11.5. The van der Waals surface area contributed by atoms with Gasteiger partial charge in [0, 0.05) is 0 Å². The number of hydrogen-bond donors (Lipinski definition) is 1. The lowest BCUT2D eigenvalue weighted by atomic mass is 9.99. The second-order valence-corrected chi connectivity index (χ2v) is 8.57. The highest BCUT2D eigenvalue weighted by molar-refractivity contribution is 7.88. The summed E-state index contributed by atoms with van der Waals surface area (Å²) in [6.07, 6.45) is 0. The van der Waals surface area contributed by atoms with E-state index in [1.54, 1.807) is 24.3 Å². The van der Waals surface area contributed by atoms with E-state index in [0.717, 1.165) is 16.7 Å². The molecule has 0 saturated carbocycles. The molecule has 0 unspecified atom stereocenters. The molecular formula is C23H23NO4S. The number of methoxy groups -OCH3 is 1. The van der Waals surface area contributed by atoms with Crippen molar-refractivity contribution in [3.8, 4) is 0 Å². The molecule has 3 aromatic carbocycles. The highest BCUT2D eigenvalue weighted by Gasteiger charge is 2.21. The van der Waals surface area contributed by atoms with E-state index in [-0.39, 0.29) is 5.75 Å². The van der Waals surface area contributed by atoms with E-state index in [4.69, 9.17) is 0 Å². The summed E-state index contributed by atoms with van der Waals surface area (Å²) < 4.78 is 33.3. The monoisotopic (exact) mass is 409 g/mol. The Morgan fingerprint density at radius 3 is 2.07 bits per heavy atom. The Balaban J connectivity index is 1.84. The number of nitrogens with one attached hydrogen (secondary N) is 1. The van der Waals surface area contributed by atoms with Crippen LogP contribution in [0.4, 0.5) is 0 Å². The van der Waals surface area contributed by atoms with E-state index < -0.39 is 22.0 Å². The second-order valence-electron chi connectivity index (χ2n) is 6.82. The van der Waals surface area contributed by atoms with Crippen LogP contribution in [0.5, 0.6) is 0 Å². The van der Waals surface area contributed by atoms with Crippen LogP contribution in [0.1, 0.15) is 38.7 Å². The largest absolute Gasteiger partial charge is 0.465 e. The van der Waals surface area contributed by atoms with Crippen molar-refractivity contribution >= 4 is 16.0 Å². The van der Waals surface area contributed by atoms with Crippen LogP contribution in [0.2, 0.25) is 0 Å². The number of ether oxygens (including phenoxy) is 1. The first-order chi connectivity index (χ1) is 13.9. The molecule has 0 aliphatic carbocycles. The number of esters is 1. The summed E-state index contributed by atoms with van der Waals surface area (Å²) in [7, 11) is -2.34. The number of aryl methyl sites for hydroxylation is 1. The number of carbonyl (C=O) groups excluding carboxylic acids is 1. The quantitative estimate of drug-likeness (QED) is 0.599. The van der Waals surface area contributed by atoms with E-state index in [9.17, 15) is 13.2 Å². The first-order valence-corrected chi connectivity index (χ1v) is 10.8. The summed E-state index contributed by atoms with van der Waals surface area (Å²) in [6.45, 7) is 1.99. The standard InChI is InChI=1S/C23H23NO4S/c1-17-8-12-20(13-9-17)22(19-6-4-3-5-7-19)24-29(26,27)16-18-10-14-21(15-11-18)23(25)28-2/h3-15,22,24H,16H2,1-2H3/t22-/m0/s1. The van der Waals surface area contributed by atoms with E-state index in [2.05, 4.69) is 9.46 Å². The third kappa shape index (κ3) is 5.53. The van der Waals surface area contributed by atoms with Gasteiger partial charge in [-0.3, -0.25) is 0 Å². The van der Waals surface area contributed by atoms with Crippen LogP contribution in [0.25, 0.3) is 0 Å². The van der Waals surface area contributed by atoms with Crippen LogP contribution >= 0.6 is 0 Å². The molecule has 0 aliphatic rings. The maximum Gasteiger partial charge on any atom is 0.337 e. The van der Waals surface area contributed by atoms with Crippen LogP contribution in [-0.4, -0.2) is 21.5 Å². The highest BCUT2D eigenvalue weighted by Crippen LogP contribution is 2.24. The summed E-state index contributed by atoms with van der Waals surface area (Å²) in [5, 5.41) is 0. The molecule has 150 valence electrons. The number of rotatable bonds is 7. The van der Waals surface area contributed by atoms with Gasteiger partial charge in [-0.05, 0) is 35.7 Å². The zero-order valence-electron chi connectivity index (χ0n) is 16.3. The number of hydrogen-bond acceptors (Lipinski definition) is 4. The van der Waals surface area contributed by atoms with Crippen molar-refractivity contribution in [2.45, 2.75) is 18.7 Å². The molecule has 0 aromatic heterocycles. The first kappa shape index (κ1) is 20.8. The highest BCUT2D eigenvalue weighted by atomic mass is 32.2. The molecule has 3 rings (SSSR count). The molecule has 0 radical (unpaired) electrons. The van der Waals surface area contributed by atoms with Crippen molar-refractivity contribution in [3.63, 3.8) is 0 Å². The minimum absolute atomic E-state index is 0.191. The second kappa shape index (κ2) is 9.03. The van der Waals surface area contributed by atoms with Crippen LogP contribution in [0.3, 0.4) is 0 Å². The van der Waals surface area contributed by atoms with Crippen LogP contribution in [0, 0.1) is 6.92 Å². The Morgan fingerprint density at radius 1 is 0.897 bits per heavy atom. The van der Waals surface area contributed by atoms with Gasteiger partial charge in [0.25, 0.3) is 0 Å². The zero-order valence-corrected chi connectivity index (χ0v) is 17.1. The molecule has 5 nitrogen and oxygen atoms in total.